The minimum atomic E-state index is -2.87. The number of halogens is 1. The van der Waals surface area contributed by atoms with Crippen LogP contribution in [0, 0.1) is 13.7 Å². The van der Waals surface area contributed by atoms with Crippen molar-refractivity contribution in [3.8, 4) is 0 Å². The maximum absolute atomic E-state index is 10.9. The van der Waals surface area contributed by atoms with E-state index in [-0.39, 0.29) is 5.69 Å². The van der Waals surface area contributed by atoms with E-state index in [9.17, 15) is 19.7 Å². The molecule has 1 aromatic rings. The normalized spacial score (nSPS) is 10.4. The van der Waals surface area contributed by atoms with Crippen molar-refractivity contribution in [2.24, 2.45) is 0 Å². The molecule has 7 nitrogen and oxygen atoms in total. The molecule has 0 bridgehead atoms. The number of non-ortho nitro benzene ring substituents is 1. The van der Waals surface area contributed by atoms with Crippen LogP contribution in [0.25, 0.3) is 0 Å². The van der Waals surface area contributed by atoms with Crippen LogP contribution in [-0.4, -0.2) is 16.9 Å². The molecule has 0 aromatic heterocycles. The zero-order chi connectivity index (χ0) is 13.7. The van der Waals surface area contributed by atoms with Crippen molar-refractivity contribution in [2.45, 2.75) is 13.8 Å². The van der Waals surface area contributed by atoms with Gasteiger partial charge in [-0.05, 0) is 0 Å². The first kappa shape index (κ1) is 14.4. The van der Waals surface area contributed by atoms with Crippen LogP contribution < -0.4 is 0 Å². The van der Waals surface area contributed by atoms with E-state index in [1.807, 2.05) is 0 Å². The van der Waals surface area contributed by atoms with Gasteiger partial charge in [-0.2, -0.15) is 0 Å². The fraction of sp³-hybridized carbons (Fsp3) is 0.200. The van der Waals surface area contributed by atoms with Gasteiger partial charge in [0.25, 0.3) is 0 Å². The van der Waals surface area contributed by atoms with Gasteiger partial charge >= 0.3 is 111 Å². The van der Waals surface area contributed by atoms with Crippen LogP contribution in [0.5, 0.6) is 0 Å². The number of nitrogens with zero attached hydrogens (tertiary/aromatic N) is 1. The molecule has 8 heteroatoms. The zero-order valence-corrected chi connectivity index (χ0v) is 11.7. The number of benzene rings is 1. The SMILES string of the molecule is CC(=O)OI(OC(C)=O)c1ccc([N+](=O)[O-])cc1. The first-order chi connectivity index (χ1) is 8.40. The van der Waals surface area contributed by atoms with Gasteiger partial charge in [-0.3, -0.25) is 0 Å². The van der Waals surface area contributed by atoms with E-state index >= 15 is 0 Å². The third kappa shape index (κ3) is 4.28. The van der Waals surface area contributed by atoms with E-state index in [1.165, 1.54) is 38.1 Å². The summed E-state index contributed by atoms with van der Waals surface area (Å²) in [5.74, 6) is -1.11. The first-order valence-corrected chi connectivity index (χ1v) is 7.56. The van der Waals surface area contributed by atoms with Gasteiger partial charge in [0, 0.05) is 0 Å². The quantitative estimate of drug-likeness (QED) is 0.460. The second-order valence-electron chi connectivity index (χ2n) is 3.09. The molecule has 0 fully saturated rings. The summed E-state index contributed by atoms with van der Waals surface area (Å²) in [7, 11) is 0. The minimum absolute atomic E-state index is 0.0831. The molecular formula is C10H10INO6. The van der Waals surface area contributed by atoms with Crippen LogP contribution in [0.15, 0.2) is 24.3 Å². The molecular weight excluding hydrogens is 357 g/mol. The molecule has 0 saturated carbocycles. The maximum atomic E-state index is 10.9. The number of hydrogen-bond donors (Lipinski definition) is 0. The van der Waals surface area contributed by atoms with E-state index in [1.54, 1.807) is 0 Å². The van der Waals surface area contributed by atoms with Gasteiger partial charge in [0.1, 0.15) is 0 Å². The summed E-state index contributed by atoms with van der Waals surface area (Å²) in [6.07, 6.45) is 0. The number of nitro benzene ring substituents is 1. The molecule has 0 aliphatic rings. The Hall–Kier alpha value is -1.71. The molecule has 18 heavy (non-hydrogen) atoms. The fourth-order valence-electron chi connectivity index (χ4n) is 0.968. The Kier molecular flexibility index (Phi) is 5.01. The Morgan fingerprint density at radius 2 is 1.56 bits per heavy atom. The summed E-state index contributed by atoms with van der Waals surface area (Å²) in [4.78, 5) is 31.7. The number of carbonyl (C=O) groups is 2. The topological polar surface area (TPSA) is 95.7 Å². The first-order valence-electron chi connectivity index (χ1n) is 4.72. The van der Waals surface area contributed by atoms with Crippen molar-refractivity contribution in [3.63, 3.8) is 0 Å². The summed E-state index contributed by atoms with van der Waals surface area (Å²) in [5.41, 5.74) is -0.0831. The van der Waals surface area contributed by atoms with Gasteiger partial charge in [-0.15, -0.1) is 0 Å². The van der Waals surface area contributed by atoms with Gasteiger partial charge in [-0.1, -0.05) is 0 Å². The molecule has 0 N–H and O–H groups in total. The van der Waals surface area contributed by atoms with Crippen molar-refractivity contribution in [2.75, 3.05) is 0 Å². The zero-order valence-electron chi connectivity index (χ0n) is 9.58. The number of nitro groups is 1. The monoisotopic (exact) mass is 367 g/mol. The Morgan fingerprint density at radius 1 is 1.11 bits per heavy atom. The van der Waals surface area contributed by atoms with Gasteiger partial charge in [-0.25, -0.2) is 0 Å². The Morgan fingerprint density at radius 3 is 1.89 bits per heavy atom. The summed E-state index contributed by atoms with van der Waals surface area (Å²) < 4.78 is 10.4. The summed E-state index contributed by atoms with van der Waals surface area (Å²) in [6.45, 7) is 2.42. The Labute approximate surface area is 111 Å². The molecule has 0 unspecified atom stereocenters. The number of carbonyl (C=O) groups excluding carboxylic acids is 2. The van der Waals surface area contributed by atoms with Crippen molar-refractivity contribution in [1.29, 1.82) is 0 Å². The third-order valence-electron chi connectivity index (χ3n) is 1.57. The second kappa shape index (κ2) is 6.28. The van der Waals surface area contributed by atoms with E-state index in [2.05, 4.69) is 0 Å². The molecule has 1 aromatic carbocycles. The predicted octanol–water partition coefficient (Wildman–Crippen LogP) is 2.23. The van der Waals surface area contributed by atoms with E-state index in [0.29, 0.717) is 3.57 Å². The van der Waals surface area contributed by atoms with Crippen LogP contribution in [0.3, 0.4) is 0 Å². The molecule has 1 rings (SSSR count). The second-order valence-corrected chi connectivity index (χ2v) is 6.46. The average Bonchev–Trinajstić information content (AvgIpc) is 2.27. The van der Waals surface area contributed by atoms with Crippen LogP contribution in [0.4, 0.5) is 5.69 Å². The molecule has 0 saturated heterocycles. The number of rotatable bonds is 4. The molecule has 0 heterocycles. The third-order valence-corrected chi connectivity index (χ3v) is 5.35. The van der Waals surface area contributed by atoms with Crippen LogP contribution in [0.2, 0.25) is 0 Å². The molecule has 0 aliphatic heterocycles. The summed E-state index contributed by atoms with van der Waals surface area (Å²) in [6, 6.07) is 5.39. The average molecular weight is 367 g/mol. The molecule has 98 valence electrons. The molecule has 0 amide bonds. The molecule has 0 radical (unpaired) electrons. The van der Waals surface area contributed by atoms with Gasteiger partial charge in [0.05, 0.1) is 0 Å². The van der Waals surface area contributed by atoms with Gasteiger partial charge in [0.2, 0.25) is 0 Å². The van der Waals surface area contributed by atoms with Crippen LogP contribution in [-0.2, 0) is 15.7 Å². The van der Waals surface area contributed by atoms with E-state index in [0.717, 1.165) is 0 Å². The number of hydrogen-bond acceptors (Lipinski definition) is 6. The standard InChI is InChI=1S/C10H10INO6/c1-7(13)17-11(18-8(2)14)9-3-5-10(6-4-9)12(15)16/h3-6H,1-2H3. The molecule has 0 spiro atoms. The molecule has 0 aliphatic carbocycles. The van der Waals surface area contributed by atoms with E-state index in [4.69, 9.17) is 6.13 Å². The van der Waals surface area contributed by atoms with Crippen molar-refractivity contribution < 1.29 is 20.6 Å². The Balaban J connectivity index is 2.93. The van der Waals surface area contributed by atoms with Crippen LogP contribution >= 0.6 is 20.6 Å². The van der Waals surface area contributed by atoms with Crippen molar-refractivity contribution in [3.05, 3.63) is 37.9 Å². The summed E-state index contributed by atoms with van der Waals surface area (Å²) >= 11 is -2.87. The van der Waals surface area contributed by atoms with Crippen molar-refractivity contribution in [1.82, 2.24) is 0 Å². The molecule has 0 atom stereocenters. The van der Waals surface area contributed by atoms with E-state index < -0.39 is 37.5 Å². The van der Waals surface area contributed by atoms with Gasteiger partial charge in [0.15, 0.2) is 0 Å². The summed E-state index contributed by atoms with van der Waals surface area (Å²) in [5, 5.41) is 10.5. The van der Waals surface area contributed by atoms with Gasteiger partial charge < -0.3 is 0 Å². The Bertz CT molecular complexity index is 456. The fourth-order valence-corrected chi connectivity index (χ4v) is 3.64. The van der Waals surface area contributed by atoms with Crippen LogP contribution in [0.1, 0.15) is 13.8 Å². The predicted molar refractivity (Wildman–Crippen MR) is 69.3 cm³/mol. The van der Waals surface area contributed by atoms with Crippen molar-refractivity contribution >= 4 is 38.3 Å².